The number of hydrogen-bond donors (Lipinski definition) is 3. The number of rotatable bonds is 9. The van der Waals surface area contributed by atoms with Crippen LogP contribution < -0.4 is 20.1 Å². The number of ether oxygens (including phenoxy) is 2. The molecule has 0 atom stereocenters. The Labute approximate surface area is 186 Å². The van der Waals surface area contributed by atoms with Gasteiger partial charge in [0.05, 0.1) is 44.1 Å². The smallest absolute Gasteiger partial charge is 0.240 e. The fourth-order valence-corrected chi connectivity index (χ4v) is 3.33. The highest BCUT2D eigenvalue weighted by Gasteiger charge is 2.17. The van der Waals surface area contributed by atoms with Crippen LogP contribution in [0, 0.1) is 0 Å². The van der Waals surface area contributed by atoms with Gasteiger partial charge in [-0.3, -0.25) is 4.79 Å². The summed E-state index contributed by atoms with van der Waals surface area (Å²) in [5.41, 5.74) is 3.13. The maximum absolute atomic E-state index is 12.8. The summed E-state index contributed by atoms with van der Waals surface area (Å²) in [4.78, 5) is 12.8. The number of nitrogens with one attached hydrogen (secondary N) is 2. The van der Waals surface area contributed by atoms with Gasteiger partial charge in [-0.25, -0.2) is 0 Å². The van der Waals surface area contributed by atoms with Crippen molar-refractivity contribution >= 4 is 23.2 Å². The number of aliphatic hydroxyl groups excluding tert-OH is 1. The number of carbonyl (C=O) groups is 1. The van der Waals surface area contributed by atoms with E-state index in [1.807, 2.05) is 48.5 Å². The lowest BCUT2D eigenvalue weighted by Crippen LogP contribution is -2.34. The van der Waals surface area contributed by atoms with Crippen molar-refractivity contribution in [1.29, 1.82) is 0 Å². The van der Waals surface area contributed by atoms with E-state index < -0.39 is 0 Å². The van der Waals surface area contributed by atoms with Gasteiger partial charge < -0.3 is 25.2 Å². The number of carbonyl (C=O) groups excluding carboxylic acids is 1. The normalized spacial score (nSPS) is 10.6. The molecular weight excluding hydrogens is 416 g/mol. The summed E-state index contributed by atoms with van der Waals surface area (Å²) >= 11 is 6.19. The van der Waals surface area contributed by atoms with E-state index in [0.717, 1.165) is 22.6 Å². The molecule has 0 radical (unpaired) electrons. The molecule has 162 valence electrons. The Kier molecular flexibility index (Phi) is 7.76. The van der Waals surface area contributed by atoms with Gasteiger partial charge in [-0.05, 0) is 53.1 Å². The second kappa shape index (κ2) is 10.7. The highest BCUT2D eigenvalue weighted by molar-refractivity contribution is 6.33. The molecule has 0 fully saturated rings. The van der Waals surface area contributed by atoms with Crippen LogP contribution in [0.1, 0.15) is 22.7 Å². The molecule has 0 saturated heterocycles. The van der Waals surface area contributed by atoms with E-state index in [4.69, 9.17) is 21.1 Å². The minimum absolute atomic E-state index is 0.0252. The lowest BCUT2D eigenvalue weighted by molar-refractivity contribution is -0.119. The standard InChI is InChI=1S/C24H25ClN2O4/c1-30-19-8-4-17(5-9-19)24(18-6-10-20(31-2)11-7-18)27-23(29)14-26-22-13-16(15-28)3-12-21(22)25/h3-13,24,26,28H,14-15H2,1-2H3,(H,27,29). The molecule has 0 saturated carbocycles. The highest BCUT2D eigenvalue weighted by Crippen LogP contribution is 2.26. The summed E-state index contributed by atoms with van der Waals surface area (Å²) in [5.74, 6) is 1.27. The molecule has 0 aromatic heterocycles. The minimum atomic E-state index is -0.356. The second-order valence-corrected chi connectivity index (χ2v) is 7.28. The third kappa shape index (κ3) is 5.90. The molecule has 3 aromatic carbocycles. The number of halogens is 1. The van der Waals surface area contributed by atoms with Gasteiger partial charge in [0.25, 0.3) is 0 Å². The van der Waals surface area contributed by atoms with Crippen LogP contribution >= 0.6 is 11.6 Å². The fraction of sp³-hybridized carbons (Fsp3) is 0.208. The van der Waals surface area contributed by atoms with Gasteiger partial charge in [0.15, 0.2) is 0 Å². The quantitative estimate of drug-likeness (QED) is 0.465. The van der Waals surface area contributed by atoms with Crippen LogP contribution in [0.15, 0.2) is 66.7 Å². The van der Waals surface area contributed by atoms with E-state index in [1.165, 1.54) is 0 Å². The summed E-state index contributed by atoms with van der Waals surface area (Å²) in [7, 11) is 3.22. The van der Waals surface area contributed by atoms with E-state index in [2.05, 4.69) is 10.6 Å². The molecular formula is C24H25ClN2O4. The van der Waals surface area contributed by atoms with Gasteiger partial charge in [-0.2, -0.15) is 0 Å². The van der Waals surface area contributed by atoms with Gasteiger partial charge >= 0.3 is 0 Å². The van der Waals surface area contributed by atoms with E-state index in [1.54, 1.807) is 32.4 Å². The van der Waals surface area contributed by atoms with Gasteiger partial charge in [0.1, 0.15) is 11.5 Å². The summed E-state index contributed by atoms with van der Waals surface area (Å²) in [6.45, 7) is -0.0769. The number of methoxy groups -OCH3 is 2. The molecule has 3 aromatic rings. The van der Waals surface area contributed by atoms with Crippen molar-refractivity contribution in [2.45, 2.75) is 12.6 Å². The molecule has 0 unspecified atom stereocenters. The fourth-order valence-electron chi connectivity index (χ4n) is 3.15. The van der Waals surface area contributed by atoms with Gasteiger partial charge in [-0.1, -0.05) is 41.9 Å². The minimum Gasteiger partial charge on any atom is -0.497 e. The zero-order valence-corrected chi connectivity index (χ0v) is 18.1. The van der Waals surface area contributed by atoms with Crippen LogP contribution in [-0.2, 0) is 11.4 Å². The van der Waals surface area contributed by atoms with E-state index >= 15 is 0 Å². The highest BCUT2D eigenvalue weighted by atomic mass is 35.5. The Morgan fingerprint density at radius 1 is 0.935 bits per heavy atom. The van der Waals surface area contributed by atoms with Crippen molar-refractivity contribution in [3.8, 4) is 11.5 Å². The predicted molar refractivity (Wildman–Crippen MR) is 122 cm³/mol. The first-order valence-corrected chi connectivity index (χ1v) is 10.1. The first-order valence-electron chi connectivity index (χ1n) is 9.74. The maximum Gasteiger partial charge on any atom is 0.240 e. The zero-order valence-electron chi connectivity index (χ0n) is 17.4. The van der Waals surface area contributed by atoms with Crippen LogP contribution in [0.2, 0.25) is 5.02 Å². The van der Waals surface area contributed by atoms with Crippen LogP contribution in [-0.4, -0.2) is 31.8 Å². The van der Waals surface area contributed by atoms with Crippen molar-refractivity contribution in [3.63, 3.8) is 0 Å². The molecule has 3 N–H and O–H groups in total. The molecule has 31 heavy (non-hydrogen) atoms. The molecule has 0 aliphatic heterocycles. The number of amides is 1. The van der Waals surface area contributed by atoms with Crippen molar-refractivity contribution in [2.75, 3.05) is 26.1 Å². The molecule has 6 nitrogen and oxygen atoms in total. The van der Waals surface area contributed by atoms with Crippen LogP contribution in [0.25, 0.3) is 0 Å². The van der Waals surface area contributed by atoms with Crippen LogP contribution in [0.5, 0.6) is 11.5 Å². The van der Waals surface area contributed by atoms with E-state index in [0.29, 0.717) is 16.3 Å². The number of aliphatic hydroxyl groups is 1. The molecule has 0 bridgehead atoms. The third-order valence-corrected chi connectivity index (χ3v) is 5.19. The Morgan fingerprint density at radius 2 is 1.48 bits per heavy atom. The van der Waals surface area contributed by atoms with Gasteiger partial charge in [-0.15, -0.1) is 0 Å². The lowest BCUT2D eigenvalue weighted by atomic mass is 9.98. The Hall–Kier alpha value is -3.22. The predicted octanol–water partition coefficient (Wildman–Crippen LogP) is 4.17. The van der Waals surface area contributed by atoms with Gasteiger partial charge in [0, 0.05) is 0 Å². The third-order valence-electron chi connectivity index (χ3n) is 4.86. The Balaban J connectivity index is 1.77. The summed E-state index contributed by atoms with van der Waals surface area (Å²) in [6, 6.07) is 19.9. The second-order valence-electron chi connectivity index (χ2n) is 6.87. The average Bonchev–Trinajstić information content (AvgIpc) is 2.82. The number of anilines is 1. The number of benzene rings is 3. The molecule has 0 heterocycles. The molecule has 0 aliphatic carbocycles. The topological polar surface area (TPSA) is 79.8 Å². The first-order chi connectivity index (χ1) is 15.0. The maximum atomic E-state index is 12.8. The SMILES string of the molecule is COc1ccc(C(NC(=O)CNc2cc(CO)ccc2Cl)c2ccc(OC)cc2)cc1. The molecule has 0 spiro atoms. The van der Waals surface area contributed by atoms with Crippen molar-refractivity contribution in [3.05, 3.63) is 88.4 Å². The van der Waals surface area contributed by atoms with Crippen LogP contribution in [0.3, 0.4) is 0 Å². The summed E-state index contributed by atoms with van der Waals surface area (Å²) in [5, 5.41) is 15.9. The Bertz CT molecular complexity index is 960. The summed E-state index contributed by atoms with van der Waals surface area (Å²) in [6.07, 6.45) is 0. The Morgan fingerprint density at radius 3 is 1.97 bits per heavy atom. The van der Waals surface area contributed by atoms with E-state index in [-0.39, 0.29) is 25.1 Å². The van der Waals surface area contributed by atoms with Crippen molar-refractivity contribution < 1.29 is 19.4 Å². The van der Waals surface area contributed by atoms with Gasteiger partial charge in [0.2, 0.25) is 5.91 Å². The van der Waals surface area contributed by atoms with E-state index in [9.17, 15) is 9.90 Å². The first kappa shape index (κ1) is 22.5. The average molecular weight is 441 g/mol. The van der Waals surface area contributed by atoms with Crippen molar-refractivity contribution in [2.24, 2.45) is 0 Å². The monoisotopic (exact) mass is 440 g/mol. The molecule has 3 rings (SSSR count). The lowest BCUT2D eigenvalue weighted by Gasteiger charge is -2.21. The molecule has 0 aliphatic rings. The largest absolute Gasteiger partial charge is 0.497 e. The number of hydrogen-bond acceptors (Lipinski definition) is 5. The summed E-state index contributed by atoms with van der Waals surface area (Å²) < 4.78 is 10.5. The zero-order chi connectivity index (χ0) is 22.2. The molecule has 7 heteroatoms. The molecule has 1 amide bonds. The van der Waals surface area contributed by atoms with Crippen molar-refractivity contribution in [1.82, 2.24) is 5.32 Å². The van der Waals surface area contributed by atoms with Crippen LogP contribution in [0.4, 0.5) is 5.69 Å².